The van der Waals surface area contributed by atoms with Crippen molar-refractivity contribution in [3.8, 4) is 11.1 Å². The van der Waals surface area contributed by atoms with Crippen LogP contribution in [0.2, 0.25) is 0 Å². The van der Waals surface area contributed by atoms with Crippen molar-refractivity contribution in [3.05, 3.63) is 88.9 Å². The maximum absolute atomic E-state index is 12.0. The van der Waals surface area contributed by atoms with Crippen molar-refractivity contribution in [3.63, 3.8) is 0 Å². The molecular formula is C21H21NO5PS+. The molecule has 4 rings (SSSR count). The third-order valence-corrected chi connectivity index (χ3v) is 6.58. The van der Waals surface area contributed by atoms with Gasteiger partial charge in [0.1, 0.15) is 18.9 Å². The molecule has 0 aromatic heterocycles. The predicted molar refractivity (Wildman–Crippen MR) is 115 cm³/mol. The molecule has 0 amide bonds. The Kier molecular flexibility index (Phi) is 5.99. The molecule has 2 N–H and O–H groups in total. The van der Waals surface area contributed by atoms with E-state index in [1.165, 1.54) is 13.3 Å². The second-order valence-corrected chi connectivity index (χ2v) is 9.58. The van der Waals surface area contributed by atoms with Crippen molar-refractivity contribution in [2.75, 3.05) is 20.3 Å². The average Bonchev–Trinajstić information content (AvgIpc) is 3.06. The van der Waals surface area contributed by atoms with Gasteiger partial charge in [0.05, 0.1) is 6.08 Å². The van der Waals surface area contributed by atoms with Gasteiger partial charge in [-0.05, 0) is 22.3 Å². The first kappa shape index (κ1) is 20.4. The molecule has 0 radical (unpaired) electrons. The van der Waals surface area contributed by atoms with Gasteiger partial charge in [-0.15, -0.1) is 0 Å². The van der Waals surface area contributed by atoms with Crippen LogP contribution < -0.4 is 5.06 Å². The second-order valence-electron chi connectivity index (χ2n) is 6.74. The molecule has 2 atom stereocenters. The van der Waals surface area contributed by atoms with Crippen LogP contribution >= 0.6 is 7.15 Å². The van der Waals surface area contributed by atoms with Gasteiger partial charge in [-0.3, -0.25) is 4.42 Å². The first-order valence-corrected chi connectivity index (χ1v) is 11.7. The first-order chi connectivity index (χ1) is 14.0. The molecule has 0 bridgehead atoms. The Balaban J connectivity index is 1.44. The summed E-state index contributed by atoms with van der Waals surface area (Å²) < 4.78 is 16.2. The zero-order valence-electron chi connectivity index (χ0n) is 15.8. The Morgan fingerprint density at radius 1 is 1.10 bits per heavy atom. The number of rotatable bonds is 6. The van der Waals surface area contributed by atoms with Gasteiger partial charge in [0.25, 0.3) is 14.3 Å². The molecule has 0 saturated heterocycles. The van der Waals surface area contributed by atoms with Crippen molar-refractivity contribution in [1.82, 2.24) is 0 Å². The zero-order chi connectivity index (χ0) is 20.4. The fraction of sp³-hybridized carbons (Fsp3) is 0.190. The van der Waals surface area contributed by atoms with Crippen LogP contribution in [0.3, 0.4) is 0 Å². The first-order valence-electron chi connectivity index (χ1n) is 9.12. The lowest BCUT2D eigenvalue weighted by molar-refractivity contribution is -0.749. The molecule has 29 heavy (non-hydrogen) atoms. The minimum atomic E-state index is -3.52. The molecule has 2 aliphatic rings. The zero-order valence-corrected chi connectivity index (χ0v) is 17.5. The summed E-state index contributed by atoms with van der Waals surface area (Å²) in [4.78, 5) is 10.5. The number of ketones is 1. The van der Waals surface area contributed by atoms with Gasteiger partial charge < -0.3 is 22.5 Å². The molecule has 2 unspecified atom stereocenters. The van der Waals surface area contributed by atoms with Crippen molar-refractivity contribution in [1.29, 1.82) is 0 Å². The van der Waals surface area contributed by atoms with E-state index in [0.29, 0.717) is 11.5 Å². The van der Waals surface area contributed by atoms with Crippen molar-refractivity contribution < 1.29 is 23.4 Å². The fourth-order valence-electron chi connectivity index (χ4n) is 3.59. The van der Waals surface area contributed by atoms with Gasteiger partial charge in [0.2, 0.25) is 0 Å². The van der Waals surface area contributed by atoms with E-state index >= 15 is 0 Å². The van der Waals surface area contributed by atoms with Crippen LogP contribution in [0.15, 0.2) is 72.6 Å². The van der Waals surface area contributed by atoms with Crippen molar-refractivity contribution in [2.24, 2.45) is 0 Å². The molecule has 0 saturated carbocycles. The summed E-state index contributed by atoms with van der Waals surface area (Å²) in [6, 6.07) is 16.3. The van der Waals surface area contributed by atoms with E-state index in [2.05, 4.69) is 24.3 Å². The molecule has 1 aliphatic heterocycles. The Labute approximate surface area is 175 Å². The summed E-state index contributed by atoms with van der Waals surface area (Å²) >= 11 is 5.17. The summed E-state index contributed by atoms with van der Waals surface area (Å²) in [5.74, 6) is 0.502. The number of allylic oxidation sites excluding steroid dienone is 2. The maximum atomic E-state index is 12.0. The monoisotopic (exact) mass is 430 g/mol. The molecule has 1 heterocycles. The summed E-state index contributed by atoms with van der Waals surface area (Å²) in [7, 11) is -2.01. The van der Waals surface area contributed by atoms with Crippen molar-refractivity contribution in [2.45, 2.75) is 5.92 Å². The van der Waals surface area contributed by atoms with Gasteiger partial charge in [0, 0.05) is 5.92 Å². The van der Waals surface area contributed by atoms with Crippen LogP contribution in [0.25, 0.3) is 11.1 Å². The second kappa shape index (κ2) is 8.50. The van der Waals surface area contributed by atoms with Crippen LogP contribution in [-0.4, -0.2) is 31.0 Å². The van der Waals surface area contributed by atoms with E-state index in [4.69, 9.17) is 25.7 Å². The third kappa shape index (κ3) is 4.37. The fourth-order valence-corrected chi connectivity index (χ4v) is 4.65. The highest BCUT2D eigenvalue weighted by Gasteiger charge is 2.33. The molecule has 150 valence electrons. The highest BCUT2D eigenvalue weighted by molar-refractivity contribution is 8.35. The lowest BCUT2D eigenvalue weighted by Crippen LogP contribution is -3.01. The molecular weight excluding hydrogens is 409 g/mol. The molecule has 6 nitrogen and oxygen atoms in total. The Morgan fingerprint density at radius 2 is 1.72 bits per heavy atom. The molecule has 0 fully saturated rings. The minimum absolute atomic E-state index is 0.0348. The summed E-state index contributed by atoms with van der Waals surface area (Å²) in [6.07, 6.45) is 4.54. The Hall–Kier alpha value is -1.83. The van der Waals surface area contributed by atoms with E-state index in [9.17, 15) is 10.1 Å². The van der Waals surface area contributed by atoms with Crippen LogP contribution in [-0.2, 0) is 25.7 Å². The maximum Gasteiger partial charge on any atom is 0.354 e. The van der Waals surface area contributed by atoms with Crippen LogP contribution in [0, 0.1) is 5.21 Å². The van der Waals surface area contributed by atoms with Gasteiger partial charge in [-0.1, -0.05) is 48.5 Å². The lowest BCUT2D eigenvalue weighted by atomic mass is 9.98. The highest BCUT2D eigenvalue weighted by atomic mass is 32.7. The highest BCUT2D eigenvalue weighted by Crippen LogP contribution is 2.56. The lowest BCUT2D eigenvalue weighted by Gasteiger charge is -2.26. The number of hydrogen-bond donors (Lipinski definition) is 2. The van der Waals surface area contributed by atoms with E-state index in [1.54, 1.807) is 12.2 Å². The largest absolute Gasteiger partial charge is 0.624 e. The Bertz CT molecular complexity index is 959. The smallest absolute Gasteiger partial charge is 0.354 e. The molecule has 1 aliphatic carbocycles. The number of carbonyl (C=O) groups excluding carboxylic acids is 1. The molecule has 2 aromatic carbocycles. The van der Waals surface area contributed by atoms with Crippen LogP contribution in [0.5, 0.6) is 0 Å². The van der Waals surface area contributed by atoms with Gasteiger partial charge in [0.15, 0.2) is 12.3 Å². The van der Waals surface area contributed by atoms with E-state index in [-0.39, 0.29) is 24.2 Å². The topological polar surface area (TPSA) is 77.5 Å². The molecule has 0 spiro atoms. The number of hydroxylamine groups is 2. The van der Waals surface area contributed by atoms with Gasteiger partial charge >= 0.3 is 5.78 Å². The van der Waals surface area contributed by atoms with Gasteiger partial charge in [-0.25, -0.2) is 4.89 Å². The van der Waals surface area contributed by atoms with Crippen LogP contribution in [0.1, 0.15) is 17.0 Å². The number of hydrogen-bond acceptors (Lipinski definition) is 5. The van der Waals surface area contributed by atoms with Crippen LogP contribution in [0.4, 0.5) is 0 Å². The minimum Gasteiger partial charge on any atom is -0.624 e. The van der Waals surface area contributed by atoms with Gasteiger partial charge in [-0.2, -0.15) is 9.05 Å². The van der Waals surface area contributed by atoms with Crippen molar-refractivity contribution >= 4 is 25.2 Å². The van der Waals surface area contributed by atoms with E-state index in [1.807, 2.05) is 24.3 Å². The Morgan fingerprint density at radius 3 is 2.34 bits per heavy atom. The number of quaternary nitrogens is 1. The number of fused-ring (bicyclic) bond motifs is 3. The number of nitrogens with one attached hydrogen (secondary N) is 1. The SMILES string of the molecule is C[O+]=C1C=C[NH+]([O-])C(CO[P+](O)([S-])OCC2c3ccccc3-c3ccccc32)=C1. The number of benzene rings is 2. The molecule has 2 aromatic rings. The molecule has 8 heteroatoms. The normalized spacial score (nSPS) is 21.6. The van der Waals surface area contributed by atoms with E-state index < -0.39 is 7.15 Å². The average molecular weight is 430 g/mol. The summed E-state index contributed by atoms with van der Waals surface area (Å²) in [5, 5.41) is 11.8. The standard InChI is InChI=1S/C21H20NO5PS/c1-25-16-10-11-22(23)15(12-16)13-26-28(24,29)27-14-21-19-8-4-2-6-17(19)18-7-3-5-9-20(18)21/h2-12,21-22H,13-14H2,1H3/p+1. The quantitative estimate of drug-likeness (QED) is 0.319. The summed E-state index contributed by atoms with van der Waals surface area (Å²) in [5.41, 5.74) is 4.96. The third-order valence-electron chi connectivity index (χ3n) is 5.02. The summed E-state index contributed by atoms with van der Waals surface area (Å²) in [6.45, 7) is 0.0613. The van der Waals surface area contributed by atoms with E-state index in [0.717, 1.165) is 22.3 Å². The predicted octanol–water partition coefficient (Wildman–Crippen LogP) is 2.58.